The number of halogens is 2. The van der Waals surface area contributed by atoms with Crippen LogP contribution in [0.15, 0.2) is 67.1 Å². The molecule has 0 atom stereocenters. The first-order valence-corrected chi connectivity index (χ1v) is 7.83. The fraction of sp³-hybridized carbons (Fsp3) is 0.0556. The number of hydrogen-bond acceptors (Lipinski definition) is 3. The van der Waals surface area contributed by atoms with E-state index in [1.54, 1.807) is 41.5 Å². The molecule has 2 aromatic heterocycles. The van der Waals surface area contributed by atoms with E-state index in [0.717, 1.165) is 11.6 Å². The first-order chi connectivity index (χ1) is 12.1. The van der Waals surface area contributed by atoms with Crippen molar-refractivity contribution in [1.29, 1.82) is 0 Å². The third kappa shape index (κ3) is 4.74. The van der Waals surface area contributed by atoms with Crippen LogP contribution in [0.2, 0.25) is 5.02 Å². The van der Waals surface area contributed by atoms with Crippen LogP contribution in [0, 0.1) is 0 Å². The van der Waals surface area contributed by atoms with Gasteiger partial charge in [-0.15, -0.1) is 0 Å². The van der Waals surface area contributed by atoms with Crippen molar-refractivity contribution in [2.45, 2.75) is 6.54 Å². The second-order valence-electron chi connectivity index (χ2n) is 5.29. The first kappa shape index (κ1) is 16.9. The van der Waals surface area contributed by atoms with E-state index in [0.29, 0.717) is 17.1 Å². The second-order valence-corrected chi connectivity index (χ2v) is 5.73. The Hall–Kier alpha value is -2.99. The number of pyridine rings is 1. The number of nitrogens with one attached hydrogen (secondary N) is 1. The molecule has 0 aliphatic heterocycles. The van der Waals surface area contributed by atoms with Gasteiger partial charge in [-0.05, 0) is 35.4 Å². The van der Waals surface area contributed by atoms with Crippen LogP contribution in [0.4, 0.5) is 10.2 Å². The fourth-order valence-electron chi connectivity index (χ4n) is 2.21. The zero-order valence-electron chi connectivity index (χ0n) is 13.1. The predicted octanol–water partition coefficient (Wildman–Crippen LogP) is 3.93. The minimum atomic E-state index is -0.919. The van der Waals surface area contributed by atoms with Crippen LogP contribution in [0.3, 0.4) is 0 Å². The molecule has 126 valence electrons. The van der Waals surface area contributed by atoms with Gasteiger partial charge in [0.2, 0.25) is 0 Å². The summed E-state index contributed by atoms with van der Waals surface area (Å²) in [5, 5.41) is 3.07. The number of anilines is 1. The van der Waals surface area contributed by atoms with Crippen LogP contribution < -0.4 is 5.32 Å². The lowest BCUT2D eigenvalue weighted by Crippen LogP contribution is -2.12. The molecule has 3 aromatic rings. The Bertz CT molecular complexity index is 908. The Kier molecular flexibility index (Phi) is 5.20. The van der Waals surface area contributed by atoms with E-state index in [9.17, 15) is 9.18 Å². The van der Waals surface area contributed by atoms with Gasteiger partial charge in [0.1, 0.15) is 0 Å². The largest absolute Gasteiger partial charge is 0.331 e. The molecule has 7 heteroatoms. The van der Waals surface area contributed by atoms with Crippen molar-refractivity contribution in [1.82, 2.24) is 14.5 Å². The van der Waals surface area contributed by atoms with Gasteiger partial charge in [-0.25, -0.2) is 9.37 Å². The second kappa shape index (κ2) is 7.72. The van der Waals surface area contributed by atoms with Crippen molar-refractivity contribution < 1.29 is 9.18 Å². The molecule has 0 radical (unpaired) electrons. The Morgan fingerprint density at radius 1 is 1.32 bits per heavy atom. The molecule has 1 N–H and O–H groups in total. The van der Waals surface area contributed by atoms with Crippen molar-refractivity contribution in [2.75, 3.05) is 5.32 Å². The molecule has 0 aliphatic rings. The van der Waals surface area contributed by atoms with Crippen LogP contribution in [0.1, 0.15) is 11.1 Å². The van der Waals surface area contributed by atoms with E-state index in [-0.39, 0.29) is 5.82 Å². The minimum absolute atomic E-state index is 0.266. The van der Waals surface area contributed by atoms with Crippen molar-refractivity contribution in [3.05, 3.63) is 83.3 Å². The average Bonchev–Trinajstić information content (AvgIpc) is 3.02. The van der Waals surface area contributed by atoms with Crippen molar-refractivity contribution in [2.24, 2.45) is 0 Å². The number of benzene rings is 1. The molecule has 1 aromatic carbocycles. The lowest BCUT2D eigenvalue weighted by molar-refractivity contribution is -0.114. The molecule has 0 spiro atoms. The highest BCUT2D eigenvalue weighted by Crippen LogP contribution is 2.14. The summed E-state index contributed by atoms with van der Waals surface area (Å²) < 4.78 is 15.7. The van der Waals surface area contributed by atoms with Crippen molar-refractivity contribution >= 4 is 29.4 Å². The number of imidazole rings is 1. The molecular weight excluding hydrogens is 343 g/mol. The quantitative estimate of drug-likeness (QED) is 0.705. The highest BCUT2D eigenvalue weighted by molar-refractivity contribution is 6.30. The molecule has 0 saturated heterocycles. The van der Waals surface area contributed by atoms with Gasteiger partial charge in [0, 0.05) is 30.2 Å². The number of nitrogens with zero attached hydrogens (tertiary/aromatic N) is 3. The maximum absolute atomic E-state index is 13.9. The fourth-order valence-corrected chi connectivity index (χ4v) is 2.42. The first-order valence-electron chi connectivity index (χ1n) is 7.45. The van der Waals surface area contributed by atoms with E-state index >= 15 is 0 Å². The van der Waals surface area contributed by atoms with Gasteiger partial charge >= 0.3 is 0 Å². The molecule has 0 aliphatic carbocycles. The van der Waals surface area contributed by atoms with Gasteiger partial charge in [-0.1, -0.05) is 29.8 Å². The molecule has 0 fully saturated rings. The normalized spacial score (nSPS) is 11.4. The maximum Gasteiger partial charge on any atom is 0.285 e. The number of carbonyl (C=O) groups excluding carboxylic acids is 1. The molecule has 3 rings (SSSR count). The molecule has 5 nitrogen and oxygen atoms in total. The summed E-state index contributed by atoms with van der Waals surface area (Å²) in [6, 6.07) is 10.7. The van der Waals surface area contributed by atoms with Crippen LogP contribution >= 0.6 is 11.6 Å². The lowest BCUT2D eigenvalue weighted by Gasteiger charge is -2.03. The van der Waals surface area contributed by atoms with Gasteiger partial charge in [0.25, 0.3) is 5.91 Å². The Morgan fingerprint density at radius 3 is 2.96 bits per heavy atom. The third-order valence-corrected chi connectivity index (χ3v) is 3.56. The van der Waals surface area contributed by atoms with E-state index in [4.69, 9.17) is 11.6 Å². The molecule has 0 bridgehead atoms. The number of hydrogen-bond donors (Lipinski definition) is 1. The summed E-state index contributed by atoms with van der Waals surface area (Å²) >= 11 is 5.95. The summed E-state index contributed by atoms with van der Waals surface area (Å²) in [6.45, 7) is 0.539. The van der Waals surface area contributed by atoms with Crippen LogP contribution in [0.25, 0.3) is 6.08 Å². The number of rotatable bonds is 5. The average molecular weight is 357 g/mol. The molecule has 0 unspecified atom stereocenters. The van der Waals surface area contributed by atoms with Gasteiger partial charge in [0.05, 0.1) is 6.33 Å². The number of carbonyl (C=O) groups is 1. The Balaban J connectivity index is 1.64. The molecule has 2 heterocycles. The van der Waals surface area contributed by atoms with E-state index in [1.165, 1.54) is 6.20 Å². The highest BCUT2D eigenvalue weighted by atomic mass is 35.5. The minimum Gasteiger partial charge on any atom is -0.331 e. The summed E-state index contributed by atoms with van der Waals surface area (Å²) in [4.78, 5) is 19.8. The van der Waals surface area contributed by atoms with Gasteiger partial charge in [0.15, 0.2) is 11.6 Å². The monoisotopic (exact) mass is 356 g/mol. The van der Waals surface area contributed by atoms with Crippen LogP contribution in [0.5, 0.6) is 0 Å². The van der Waals surface area contributed by atoms with E-state index < -0.39 is 11.7 Å². The van der Waals surface area contributed by atoms with Crippen molar-refractivity contribution in [3.63, 3.8) is 0 Å². The van der Waals surface area contributed by atoms with Gasteiger partial charge < -0.3 is 9.88 Å². The summed E-state index contributed by atoms with van der Waals surface area (Å²) in [7, 11) is 0. The smallest absolute Gasteiger partial charge is 0.285 e. The molecule has 1 amide bonds. The van der Waals surface area contributed by atoms with Crippen molar-refractivity contribution in [3.8, 4) is 0 Å². The zero-order chi connectivity index (χ0) is 17.6. The van der Waals surface area contributed by atoms with E-state index in [2.05, 4.69) is 15.3 Å². The molecule has 25 heavy (non-hydrogen) atoms. The summed E-state index contributed by atoms with van der Waals surface area (Å²) in [5.74, 6) is -1.52. The SMILES string of the molecule is O=C(Nc1cn(Cc2cccc(Cl)c2)cn1)C(F)=Cc1cccnc1. The lowest BCUT2D eigenvalue weighted by atomic mass is 10.2. The predicted molar refractivity (Wildman–Crippen MR) is 94.7 cm³/mol. The molecule has 0 saturated carbocycles. The standard InChI is InChI=1S/C18H14ClFN4O/c19-15-5-1-3-14(7-15)10-24-11-17(22-12-24)23-18(25)16(20)8-13-4-2-6-21-9-13/h1-9,11-12H,10H2,(H,23,25). The summed E-state index contributed by atoms with van der Waals surface area (Å²) in [6.07, 6.45) is 7.33. The zero-order valence-corrected chi connectivity index (χ0v) is 13.8. The summed E-state index contributed by atoms with van der Waals surface area (Å²) in [5.41, 5.74) is 1.49. The van der Waals surface area contributed by atoms with Crippen LogP contribution in [-0.4, -0.2) is 20.4 Å². The molecular formula is C18H14ClFN4O. The number of amides is 1. The maximum atomic E-state index is 13.9. The topological polar surface area (TPSA) is 59.8 Å². The van der Waals surface area contributed by atoms with Crippen LogP contribution in [-0.2, 0) is 11.3 Å². The number of aromatic nitrogens is 3. The van der Waals surface area contributed by atoms with Gasteiger partial charge in [-0.3, -0.25) is 9.78 Å². The Labute approximate surface area is 148 Å². The third-order valence-electron chi connectivity index (χ3n) is 3.32. The van der Waals surface area contributed by atoms with E-state index in [1.807, 2.05) is 18.2 Å². The highest BCUT2D eigenvalue weighted by Gasteiger charge is 2.11. The van der Waals surface area contributed by atoms with Gasteiger partial charge in [-0.2, -0.15) is 0 Å². The Morgan fingerprint density at radius 2 is 2.20 bits per heavy atom.